The first kappa shape index (κ1) is 17.4. The van der Waals surface area contributed by atoms with Crippen LogP contribution in [0.1, 0.15) is 34.7 Å². The minimum absolute atomic E-state index is 0.0734. The molecule has 0 fully saturated rings. The first-order valence-corrected chi connectivity index (χ1v) is 10.1. The number of rotatable bonds is 3. The number of nitrogens with zero attached hydrogens (tertiary/aromatic N) is 3. The second-order valence-corrected chi connectivity index (χ2v) is 8.24. The zero-order valence-corrected chi connectivity index (χ0v) is 17.0. The molecule has 0 atom stereocenters. The van der Waals surface area contributed by atoms with Crippen LogP contribution < -0.4 is 10.3 Å². The average molecular weight is 432 g/mol. The highest BCUT2D eigenvalue weighted by Crippen LogP contribution is 2.33. The van der Waals surface area contributed by atoms with Gasteiger partial charge in [-0.15, -0.1) is 11.3 Å². The van der Waals surface area contributed by atoms with Crippen LogP contribution in [0.4, 0.5) is 0 Å². The van der Waals surface area contributed by atoms with Crippen molar-refractivity contribution in [1.82, 2.24) is 9.66 Å². The van der Waals surface area contributed by atoms with Gasteiger partial charge in [-0.05, 0) is 77.9 Å². The highest BCUT2D eigenvalue weighted by atomic mass is 79.9. The molecule has 1 aliphatic carbocycles. The van der Waals surface area contributed by atoms with Gasteiger partial charge in [-0.3, -0.25) is 4.79 Å². The molecule has 0 spiro atoms. The van der Waals surface area contributed by atoms with Crippen molar-refractivity contribution in [3.05, 3.63) is 54.9 Å². The zero-order valence-electron chi connectivity index (χ0n) is 14.6. The normalized spacial score (nSPS) is 14.1. The number of hydrogen-bond acceptors (Lipinski definition) is 5. The van der Waals surface area contributed by atoms with Gasteiger partial charge in [0.2, 0.25) is 0 Å². The van der Waals surface area contributed by atoms with E-state index in [-0.39, 0.29) is 5.56 Å². The molecule has 0 saturated heterocycles. The maximum atomic E-state index is 13.1. The minimum atomic E-state index is -0.0734. The van der Waals surface area contributed by atoms with Gasteiger partial charge in [-0.1, -0.05) is 0 Å². The Morgan fingerprint density at radius 2 is 2.15 bits per heavy atom. The van der Waals surface area contributed by atoms with E-state index in [2.05, 4.69) is 26.0 Å². The second kappa shape index (κ2) is 6.96. The van der Waals surface area contributed by atoms with Crippen LogP contribution in [0, 0.1) is 6.92 Å². The molecule has 1 aromatic carbocycles. The van der Waals surface area contributed by atoms with E-state index < -0.39 is 0 Å². The maximum Gasteiger partial charge on any atom is 0.283 e. The molecule has 0 unspecified atom stereocenters. The van der Waals surface area contributed by atoms with Gasteiger partial charge < -0.3 is 4.74 Å². The van der Waals surface area contributed by atoms with Crippen molar-refractivity contribution in [2.24, 2.45) is 5.10 Å². The second-order valence-electron chi connectivity index (χ2n) is 6.31. The lowest BCUT2D eigenvalue weighted by Gasteiger charge is -2.10. The molecule has 0 N–H and O–H groups in total. The first-order valence-electron chi connectivity index (χ1n) is 8.50. The van der Waals surface area contributed by atoms with Gasteiger partial charge in [-0.25, -0.2) is 4.98 Å². The van der Waals surface area contributed by atoms with Crippen molar-refractivity contribution in [3.8, 4) is 5.75 Å². The van der Waals surface area contributed by atoms with Crippen LogP contribution in [0.5, 0.6) is 5.75 Å². The highest BCUT2D eigenvalue weighted by Gasteiger charge is 2.21. The predicted molar refractivity (Wildman–Crippen MR) is 109 cm³/mol. The zero-order chi connectivity index (χ0) is 18.3. The van der Waals surface area contributed by atoms with Crippen molar-refractivity contribution < 1.29 is 4.74 Å². The molecule has 0 radical (unpaired) electrons. The van der Waals surface area contributed by atoms with Gasteiger partial charge in [0.05, 0.1) is 23.2 Å². The van der Waals surface area contributed by atoms with Crippen molar-refractivity contribution in [1.29, 1.82) is 0 Å². The smallest absolute Gasteiger partial charge is 0.283 e. The Morgan fingerprint density at radius 1 is 1.35 bits per heavy atom. The first-order chi connectivity index (χ1) is 12.6. The summed E-state index contributed by atoms with van der Waals surface area (Å²) >= 11 is 5.13. The van der Waals surface area contributed by atoms with Crippen LogP contribution >= 0.6 is 27.3 Å². The van der Waals surface area contributed by atoms with E-state index in [1.807, 2.05) is 25.1 Å². The fraction of sp³-hybridized carbons (Fsp3) is 0.316. The van der Waals surface area contributed by atoms with E-state index in [9.17, 15) is 4.79 Å². The Kier molecular flexibility index (Phi) is 4.67. The molecule has 0 bridgehead atoms. The van der Waals surface area contributed by atoms with Crippen molar-refractivity contribution in [2.75, 3.05) is 7.11 Å². The molecule has 0 amide bonds. The average Bonchev–Trinajstić information content (AvgIpc) is 2.99. The quantitative estimate of drug-likeness (QED) is 0.580. The number of aryl methyl sites for hydroxylation is 3. The Balaban J connectivity index is 1.79. The van der Waals surface area contributed by atoms with Gasteiger partial charge in [-0.2, -0.15) is 9.78 Å². The SMILES string of the molecule is COc1ccc(/C=N\n2c(C)nc3sc4c(c3c2=O)CCCC4)cc1Br. The third kappa shape index (κ3) is 2.99. The van der Waals surface area contributed by atoms with Crippen LogP contribution in [-0.4, -0.2) is 23.0 Å². The number of ether oxygens (including phenoxy) is 1. The number of benzene rings is 1. The number of halogens is 1. The van der Waals surface area contributed by atoms with Crippen molar-refractivity contribution in [3.63, 3.8) is 0 Å². The van der Waals surface area contributed by atoms with Gasteiger partial charge in [0, 0.05) is 4.88 Å². The monoisotopic (exact) mass is 431 g/mol. The van der Waals surface area contributed by atoms with Crippen LogP contribution in [0.3, 0.4) is 0 Å². The molecule has 2 heterocycles. The molecule has 0 aliphatic heterocycles. The van der Waals surface area contributed by atoms with E-state index >= 15 is 0 Å². The maximum absolute atomic E-state index is 13.1. The molecule has 3 aromatic rings. The molecule has 26 heavy (non-hydrogen) atoms. The molecular formula is C19H18BrN3O2S. The van der Waals surface area contributed by atoms with E-state index in [1.165, 1.54) is 21.5 Å². The molecule has 134 valence electrons. The Hall–Kier alpha value is -1.99. The number of thiophene rings is 1. The number of fused-ring (bicyclic) bond motifs is 3. The van der Waals surface area contributed by atoms with E-state index in [0.29, 0.717) is 5.82 Å². The number of hydrogen-bond donors (Lipinski definition) is 0. The topological polar surface area (TPSA) is 56.5 Å². The van der Waals surface area contributed by atoms with E-state index in [1.54, 1.807) is 24.7 Å². The van der Waals surface area contributed by atoms with Crippen LogP contribution in [-0.2, 0) is 12.8 Å². The Bertz CT molecular complexity index is 1080. The summed E-state index contributed by atoms with van der Waals surface area (Å²) in [6.45, 7) is 1.82. The molecule has 7 heteroatoms. The lowest BCUT2D eigenvalue weighted by Crippen LogP contribution is -2.21. The lowest BCUT2D eigenvalue weighted by molar-refractivity contribution is 0.412. The third-order valence-electron chi connectivity index (χ3n) is 4.63. The minimum Gasteiger partial charge on any atom is -0.496 e. The molecule has 4 rings (SSSR count). The Morgan fingerprint density at radius 3 is 2.92 bits per heavy atom. The summed E-state index contributed by atoms with van der Waals surface area (Å²) in [5, 5.41) is 5.16. The number of methoxy groups -OCH3 is 1. The van der Waals surface area contributed by atoms with E-state index in [0.717, 1.165) is 45.3 Å². The molecule has 1 aliphatic rings. The predicted octanol–water partition coefficient (Wildman–Crippen LogP) is 4.30. The summed E-state index contributed by atoms with van der Waals surface area (Å²) in [6, 6.07) is 5.66. The Labute approximate surface area is 163 Å². The van der Waals surface area contributed by atoms with Crippen LogP contribution in [0.2, 0.25) is 0 Å². The van der Waals surface area contributed by atoms with Gasteiger partial charge in [0.25, 0.3) is 5.56 Å². The molecule has 5 nitrogen and oxygen atoms in total. The van der Waals surface area contributed by atoms with Crippen LogP contribution in [0.25, 0.3) is 10.2 Å². The van der Waals surface area contributed by atoms with Gasteiger partial charge in [0.1, 0.15) is 16.4 Å². The summed E-state index contributed by atoms with van der Waals surface area (Å²) in [6.07, 6.45) is 6.01. The van der Waals surface area contributed by atoms with E-state index in [4.69, 9.17) is 4.74 Å². The van der Waals surface area contributed by atoms with Gasteiger partial charge in [0.15, 0.2) is 0 Å². The lowest BCUT2D eigenvalue weighted by atomic mass is 9.97. The third-order valence-corrected chi connectivity index (χ3v) is 6.43. The summed E-state index contributed by atoms with van der Waals surface area (Å²) < 4.78 is 7.48. The summed E-state index contributed by atoms with van der Waals surface area (Å²) in [5.74, 6) is 1.36. The summed E-state index contributed by atoms with van der Waals surface area (Å²) in [7, 11) is 1.62. The highest BCUT2D eigenvalue weighted by molar-refractivity contribution is 9.10. The molecular weight excluding hydrogens is 414 g/mol. The standard InChI is InChI=1S/C19H18BrN3O2S/c1-11-22-18-17(13-5-3-4-6-16(13)26-18)19(24)23(11)21-10-12-7-8-15(25-2)14(20)9-12/h7-10H,3-6H2,1-2H3/b21-10-. The van der Waals surface area contributed by atoms with Crippen LogP contribution in [0.15, 0.2) is 32.6 Å². The van der Waals surface area contributed by atoms with Crippen molar-refractivity contribution >= 4 is 43.7 Å². The fourth-order valence-corrected chi connectivity index (χ4v) is 5.18. The fourth-order valence-electron chi connectivity index (χ4n) is 3.32. The van der Waals surface area contributed by atoms with Crippen molar-refractivity contribution in [2.45, 2.75) is 32.6 Å². The molecule has 2 aromatic heterocycles. The summed E-state index contributed by atoms with van der Waals surface area (Å²) in [5.41, 5.74) is 1.98. The van der Waals surface area contributed by atoms with Gasteiger partial charge >= 0.3 is 0 Å². The largest absolute Gasteiger partial charge is 0.496 e. The number of aromatic nitrogens is 2. The summed E-state index contributed by atoms with van der Waals surface area (Å²) in [4.78, 5) is 19.9. The molecule has 0 saturated carbocycles.